The number of nitrogens with one attached hydrogen (secondary N) is 13. The molecule has 11 atom stereocenters. The first-order valence-corrected chi connectivity index (χ1v) is 40.2. The van der Waals surface area contributed by atoms with Gasteiger partial charge in [0.15, 0.2) is 0 Å². The molecule has 15 amide bonds. The minimum atomic E-state index is -1.87. The number of fused-ring (bicyclic) bond motifs is 1. The van der Waals surface area contributed by atoms with Crippen LogP contribution in [0.2, 0.25) is 0 Å². The molecule has 0 saturated carbocycles. The van der Waals surface area contributed by atoms with Crippen LogP contribution in [0, 0.1) is 17.8 Å². The number of primary amides is 2. The van der Waals surface area contributed by atoms with Gasteiger partial charge < -0.3 is 100 Å². The normalized spacial score (nSPS) is 22.1. The number of aromatic amines is 1. The zero-order chi connectivity index (χ0) is 87.4. The summed E-state index contributed by atoms with van der Waals surface area (Å²) < 4.78 is 0. The van der Waals surface area contributed by atoms with Crippen LogP contribution in [0.4, 0.5) is 0 Å². The van der Waals surface area contributed by atoms with Crippen molar-refractivity contribution in [3.8, 4) is 17.2 Å². The SMILES string of the molecule is CC(C)C[C@@H]1NC(=O)[C@H](Cc2ccc(O)cc2)NC(=O)[C@H](Cc2ccccc2)NC(=O)CSC[C@@H](C(=O)NCC(N)=O)NC(=O)[C@H](C(C)C)NC(=O)[C@H](Cc2ccccc2)N(C)C(=O)[C@H](c2ccc(O)cc2)NC(=O)[C@H](Cc2c[nH]c3ccccc23)NC(=O)CNC(=O)[C@H](CC(N)=O)NC(=O)[C@H](Cc2ccc(O)cc2)NC(=O)[C@H](C(C)C)NC1=O. The minimum Gasteiger partial charge on any atom is -0.508 e. The fourth-order valence-corrected chi connectivity index (χ4v) is 14.1. The number of nitrogens with two attached hydrogens (primary N) is 2. The van der Waals surface area contributed by atoms with E-state index in [0.29, 0.717) is 38.7 Å². The van der Waals surface area contributed by atoms with Crippen LogP contribution >= 0.6 is 11.8 Å². The zero-order valence-corrected chi connectivity index (χ0v) is 68.2. The van der Waals surface area contributed by atoms with Crippen LogP contribution in [0.1, 0.15) is 93.8 Å². The summed E-state index contributed by atoms with van der Waals surface area (Å²) in [6.07, 6.45) is -0.632. The molecule has 8 rings (SSSR count). The van der Waals surface area contributed by atoms with Crippen LogP contribution in [0.3, 0.4) is 0 Å². The van der Waals surface area contributed by atoms with Crippen molar-refractivity contribution >= 4 is 111 Å². The zero-order valence-electron chi connectivity index (χ0n) is 67.4. The molecule has 34 nitrogen and oxygen atoms in total. The molecule has 0 unspecified atom stereocenters. The van der Waals surface area contributed by atoms with E-state index in [9.17, 15) is 68.1 Å². The summed E-state index contributed by atoms with van der Waals surface area (Å²) >= 11 is 0.813. The third-order valence-corrected chi connectivity index (χ3v) is 20.8. The monoisotopic (exact) mass is 1670 g/mol. The van der Waals surface area contributed by atoms with E-state index in [2.05, 4.69) is 68.8 Å². The minimum absolute atomic E-state index is 0.0592. The van der Waals surface area contributed by atoms with E-state index in [0.717, 1.165) is 16.7 Å². The van der Waals surface area contributed by atoms with Gasteiger partial charge in [-0.1, -0.05) is 157 Å². The summed E-state index contributed by atoms with van der Waals surface area (Å²) in [7, 11) is 1.28. The average Bonchev–Trinajstić information content (AvgIpc) is 1.74. The van der Waals surface area contributed by atoms with E-state index in [4.69, 9.17) is 11.5 Å². The largest absolute Gasteiger partial charge is 0.508 e. The second-order valence-electron chi connectivity index (χ2n) is 30.4. The third-order valence-electron chi connectivity index (χ3n) is 19.7. The number of H-pyrrole nitrogens is 1. The van der Waals surface area contributed by atoms with Gasteiger partial charge in [-0.05, 0) is 100 Å². The van der Waals surface area contributed by atoms with Crippen molar-refractivity contribution in [1.82, 2.24) is 73.7 Å². The molecule has 0 radical (unpaired) electrons. The molecule has 0 bridgehead atoms. The number of carbonyl (C=O) groups is 15. The molecule has 2 heterocycles. The number of para-hydroxylation sites is 1. The average molecular weight is 1670 g/mol. The molecule has 0 spiro atoms. The van der Waals surface area contributed by atoms with Crippen LogP contribution in [-0.4, -0.2) is 206 Å². The van der Waals surface area contributed by atoms with Crippen molar-refractivity contribution in [2.45, 2.75) is 153 Å². The van der Waals surface area contributed by atoms with Crippen LogP contribution in [0.5, 0.6) is 17.2 Å². The van der Waals surface area contributed by atoms with E-state index in [1.54, 1.807) is 133 Å². The van der Waals surface area contributed by atoms with Crippen LogP contribution < -0.4 is 75.3 Å². The number of phenols is 3. The summed E-state index contributed by atoms with van der Waals surface area (Å²) in [5.41, 5.74) is 14.1. The Labute approximate surface area is 697 Å². The van der Waals surface area contributed by atoms with E-state index in [-0.39, 0.29) is 73.0 Å². The quantitative estimate of drug-likeness (QED) is 0.0495. The number of likely N-dealkylation sites (N-methyl/N-ethyl adjacent to an activating group) is 1. The molecule has 1 fully saturated rings. The lowest BCUT2D eigenvalue weighted by molar-refractivity contribution is -0.143. The van der Waals surface area contributed by atoms with E-state index in [1.165, 1.54) is 79.8 Å². The van der Waals surface area contributed by atoms with Crippen LogP contribution in [-0.2, 0) is 104 Å². The number of rotatable bonds is 20. The first kappa shape index (κ1) is 92.2. The first-order chi connectivity index (χ1) is 57.1. The van der Waals surface area contributed by atoms with Gasteiger partial charge in [-0.15, -0.1) is 11.8 Å². The van der Waals surface area contributed by atoms with Gasteiger partial charge in [-0.3, -0.25) is 71.9 Å². The number of hydrogen-bond acceptors (Lipinski definition) is 19. The Bertz CT molecular complexity index is 4780. The van der Waals surface area contributed by atoms with Gasteiger partial charge in [-0.2, -0.15) is 0 Å². The van der Waals surface area contributed by atoms with Gasteiger partial charge >= 0.3 is 0 Å². The number of phenolic OH excluding ortho intramolecular Hbond substituents is 3. The molecule has 1 aromatic heterocycles. The number of aromatic hydroxyl groups is 3. The summed E-state index contributed by atoms with van der Waals surface area (Å²) in [5, 5.41) is 63.2. The number of carbonyl (C=O) groups excluding carboxylic acids is 15. The Morgan fingerprint density at radius 2 is 0.900 bits per heavy atom. The highest BCUT2D eigenvalue weighted by Gasteiger charge is 2.40. The molecule has 35 heteroatoms. The predicted molar refractivity (Wildman–Crippen MR) is 444 cm³/mol. The lowest BCUT2D eigenvalue weighted by Crippen LogP contribution is -2.61. The van der Waals surface area contributed by atoms with Gasteiger partial charge in [-0.25, -0.2) is 0 Å². The summed E-state index contributed by atoms with van der Waals surface area (Å²) in [6.45, 7) is 8.20. The molecule has 1 aliphatic rings. The highest BCUT2D eigenvalue weighted by atomic mass is 32.2. The number of aromatic nitrogens is 1. The number of benzene rings is 6. The van der Waals surface area contributed by atoms with E-state index in [1.807, 2.05) is 0 Å². The van der Waals surface area contributed by atoms with Crippen LogP contribution in [0.15, 0.2) is 164 Å². The lowest BCUT2D eigenvalue weighted by atomic mass is 9.98. The van der Waals surface area contributed by atoms with Gasteiger partial charge in [0.05, 0.1) is 25.3 Å². The molecule has 120 heavy (non-hydrogen) atoms. The van der Waals surface area contributed by atoms with E-state index < -0.39 is 192 Å². The Balaban J connectivity index is 1.20. The van der Waals surface area contributed by atoms with Crippen molar-refractivity contribution in [3.63, 3.8) is 0 Å². The molecule has 0 aliphatic carbocycles. The smallest absolute Gasteiger partial charge is 0.250 e. The van der Waals surface area contributed by atoms with Gasteiger partial charge in [0.2, 0.25) is 88.6 Å². The summed E-state index contributed by atoms with van der Waals surface area (Å²) in [6, 6.07) is 22.9. The molecule has 1 saturated heterocycles. The maximum atomic E-state index is 15.6. The fourth-order valence-electron chi connectivity index (χ4n) is 13.3. The molecule has 6 aromatic carbocycles. The maximum absolute atomic E-state index is 15.6. The van der Waals surface area contributed by atoms with Crippen molar-refractivity contribution < 1.29 is 87.2 Å². The topological polar surface area (TPSA) is 532 Å². The van der Waals surface area contributed by atoms with Crippen molar-refractivity contribution in [1.29, 1.82) is 0 Å². The Morgan fingerprint density at radius 3 is 1.43 bits per heavy atom. The molecule has 7 aromatic rings. The molecule has 1 aliphatic heterocycles. The van der Waals surface area contributed by atoms with E-state index >= 15 is 19.2 Å². The highest BCUT2D eigenvalue weighted by molar-refractivity contribution is 8.00. The number of thioether (sulfide) groups is 1. The highest BCUT2D eigenvalue weighted by Crippen LogP contribution is 2.25. The molecular formula is C85H104N16O18S. The second kappa shape index (κ2) is 44.3. The Morgan fingerprint density at radius 1 is 0.458 bits per heavy atom. The second-order valence-corrected chi connectivity index (χ2v) is 31.4. The third kappa shape index (κ3) is 27.9. The molecule has 20 N–H and O–H groups in total. The predicted octanol–water partition coefficient (Wildman–Crippen LogP) is 0.544. The van der Waals surface area contributed by atoms with Gasteiger partial charge in [0, 0.05) is 62.0 Å². The van der Waals surface area contributed by atoms with Crippen molar-refractivity contribution in [2.24, 2.45) is 29.2 Å². The number of hydrogen-bond donors (Lipinski definition) is 18. The van der Waals surface area contributed by atoms with Crippen molar-refractivity contribution in [2.75, 3.05) is 31.6 Å². The van der Waals surface area contributed by atoms with Crippen LogP contribution in [0.25, 0.3) is 10.9 Å². The summed E-state index contributed by atoms with van der Waals surface area (Å²) in [5.74, 6) is -17.8. The first-order valence-electron chi connectivity index (χ1n) is 39.1. The standard InChI is InChI=1S/C85H104N16O18S/c1-46(2)34-60-80(114)98-72(47(3)4)83(117)96-63(37-52-24-30-56(103)31-25-52)79(113)95-65(40-68(86)105)75(109)90-43-70(107)91-64(39-54-41-88-59-21-15-14-20-58(54)59)81(115)100-74(53-26-32-57(104)33-27-53)85(119)101(7)67(38-50-18-12-9-13-19-50)82(116)99-73(48(5)6)84(118)97-66(76(110)89-42-69(87)106)44-120-45-71(108)92-61(35-49-16-10-8-11-17-49)77(111)94-62(78(112)93-60)36-51-22-28-55(102)29-23-51/h8-33,41,46-48,60-67,72-74,88,102-104H,34-40,42-45H2,1-7H3,(H2,86,105)(H2,87,106)(H,89,110)(H,90,109)(H,91,107)(H,92,108)(H,93,112)(H,94,111)(H,95,113)(H,96,117)(H,97,118)(H,98,114)(H,99,116)(H,100,115)/t60-,61-,62-,63-,64-,65-,66-,67-,72-,73-,74-/m0/s1. The van der Waals surface area contributed by atoms with Gasteiger partial charge in [0.25, 0.3) is 0 Å². The van der Waals surface area contributed by atoms with Gasteiger partial charge in [0.1, 0.15) is 83.7 Å². The number of nitrogens with zero attached hydrogens (tertiary/aromatic N) is 1. The molecule has 638 valence electrons. The van der Waals surface area contributed by atoms with Crippen molar-refractivity contribution in [3.05, 3.63) is 197 Å². The molecular weight excluding hydrogens is 1570 g/mol. The Hall–Kier alpha value is -13.3. The number of amides is 15. The maximum Gasteiger partial charge on any atom is 0.250 e. The Kier molecular flexibility index (Phi) is 34.0. The fraction of sp³-hybridized carbons (Fsp3) is 0.376. The lowest BCUT2D eigenvalue weighted by Gasteiger charge is -2.33. The summed E-state index contributed by atoms with van der Waals surface area (Å²) in [4.78, 5) is 222.